The Labute approximate surface area is 162 Å². The zero-order valence-electron chi connectivity index (χ0n) is 16.8. The molecule has 0 saturated carbocycles. The number of hydrogen-bond donors (Lipinski definition) is 0. The van der Waals surface area contributed by atoms with Crippen LogP contribution in [0.15, 0.2) is 0 Å². The molecule has 0 aliphatic heterocycles. The average molecular weight is 386 g/mol. The summed E-state index contributed by atoms with van der Waals surface area (Å²) in [5.41, 5.74) is 0. The van der Waals surface area contributed by atoms with Gasteiger partial charge in [0.15, 0.2) is 0 Å². The second-order valence-electron chi connectivity index (χ2n) is 6.58. The number of ether oxygens (including phenoxy) is 3. The molecule has 0 amide bonds. The molecule has 0 radical (unpaired) electrons. The average Bonchev–Trinajstić information content (AvgIpc) is 2.59. The highest BCUT2D eigenvalue weighted by Crippen LogP contribution is 2.05. The van der Waals surface area contributed by atoms with Gasteiger partial charge >= 0.3 is 11.9 Å². The van der Waals surface area contributed by atoms with Crippen molar-refractivity contribution in [2.45, 2.75) is 78.1 Å². The lowest BCUT2D eigenvalue weighted by Crippen LogP contribution is -2.14. The highest BCUT2D eigenvalue weighted by Gasteiger charge is 2.05. The summed E-state index contributed by atoms with van der Waals surface area (Å²) in [5, 5.41) is 0. The van der Waals surface area contributed by atoms with E-state index in [-0.39, 0.29) is 49.9 Å². The van der Waals surface area contributed by atoms with Crippen molar-refractivity contribution in [2.24, 2.45) is 0 Å². The maximum Gasteiger partial charge on any atom is 0.305 e. The maximum absolute atomic E-state index is 11.5. The van der Waals surface area contributed by atoms with E-state index in [4.69, 9.17) is 14.2 Å². The molecule has 0 aliphatic rings. The van der Waals surface area contributed by atoms with Gasteiger partial charge in [0, 0.05) is 25.7 Å². The van der Waals surface area contributed by atoms with Crippen molar-refractivity contribution in [3.05, 3.63) is 0 Å². The molecule has 27 heavy (non-hydrogen) atoms. The fourth-order valence-corrected chi connectivity index (χ4v) is 2.32. The minimum Gasteiger partial charge on any atom is -0.463 e. The lowest BCUT2D eigenvalue weighted by Gasteiger charge is -2.07. The van der Waals surface area contributed by atoms with E-state index in [1.54, 1.807) is 13.8 Å². The van der Waals surface area contributed by atoms with E-state index in [0.29, 0.717) is 25.7 Å². The van der Waals surface area contributed by atoms with Crippen LogP contribution in [0.5, 0.6) is 0 Å². The van der Waals surface area contributed by atoms with Crippen LogP contribution in [0.25, 0.3) is 0 Å². The SMILES string of the molecule is CC(=O)CCCCCC(=O)OCCOCCOC(=O)CCCCCC(C)=O. The molecule has 7 heteroatoms. The monoisotopic (exact) mass is 386 g/mol. The summed E-state index contributed by atoms with van der Waals surface area (Å²) < 4.78 is 15.3. The van der Waals surface area contributed by atoms with Crippen LogP contribution in [0.1, 0.15) is 78.1 Å². The fourth-order valence-electron chi connectivity index (χ4n) is 2.32. The van der Waals surface area contributed by atoms with Crippen LogP contribution in [0.4, 0.5) is 0 Å². The van der Waals surface area contributed by atoms with E-state index in [2.05, 4.69) is 0 Å². The summed E-state index contributed by atoms with van der Waals surface area (Å²) in [4.78, 5) is 44.5. The first kappa shape index (κ1) is 25.2. The third-order valence-electron chi connectivity index (χ3n) is 3.80. The Morgan fingerprint density at radius 3 is 1.26 bits per heavy atom. The first-order valence-electron chi connectivity index (χ1n) is 9.79. The summed E-state index contributed by atoms with van der Waals surface area (Å²) in [5.74, 6) is -0.189. The smallest absolute Gasteiger partial charge is 0.305 e. The van der Waals surface area contributed by atoms with E-state index < -0.39 is 0 Å². The van der Waals surface area contributed by atoms with Gasteiger partial charge in [0.05, 0.1) is 13.2 Å². The Morgan fingerprint density at radius 2 is 0.889 bits per heavy atom. The van der Waals surface area contributed by atoms with Gasteiger partial charge in [-0.15, -0.1) is 0 Å². The van der Waals surface area contributed by atoms with Crippen LogP contribution in [0, 0.1) is 0 Å². The number of rotatable bonds is 18. The molecule has 0 aliphatic carbocycles. The summed E-state index contributed by atoms with van der Waals surface area (Å²) in [6, 6.07) is 0. The van der Waals surface area contributed by atoms with Crippen LogP contribution in [0.3, 0.4) is 0 Å². The first-order valence-corrected chi connectivity index (χ1v) is 9.79. The Morgan fingerprint density at radius 1 is 0.519 bits per heavy atom. The van der Waals surface area contributed by atoms with Crippen LogP contribution in [-0.4, -0.2) is 49.9 Å². The number of esters is 2. The van der Waals surface area contributed by atoms with Gasteiger partial charge in [0.2, 0.25) is 0 Å². The zero-order valence-corrected chi connectivity index (χ0v) is 16.8. The van der Waals surface area contributed by atoms with E-state index in [0.717, 1.165) is 38.5 Å². The summed E-state index contributed by atoms with van der Waals surface area (Å²) in [7, 11) is 0. The predicted molar refractivity (Wildman–Crippen MR) is 100 cm³/mol. The van der Waals surface area contributed by atoms with Crippen LogP contribution >= 0.6 is 0 Å². The third-order valence-corrected chi connectivity index (χ3v) is 3.80. The van der Waals surface area contributed by atoms with Gasteiger partial charge in [0.25, 0.3) is 0 Å². The fraction of sp³-hybridized carbons (Fsp3) is 0.800. The molecule has 0 aromatic heterocycles. The van der Waals surface area contributed by atoms with Crippen molar-refractivity contribution in [3.8, 4) is 0 Å². The quantitative estimate of drug-likeness (QED) is 0.264. The molecule has 7 nitrogen and oxygen atoms in total. The molecule has 0 aromatic rings. The van der Waals surface area contributed by atoms with Gasteiger partial charge in [-0.05, 0) is 39.5 Å². The Bertz CT molecular complexity index is 406. The number of unbranched alkanes of at least 4 members (excludes halogenated alkanes) is 4. The van der Waals surface area contributed by atoms with Crippen LogP contribution in [-0.2, 0) is 33.4 Å². The number of hydrogen-bond acceptors (Lipinski definition) is 7. The van der Waals surface area contributed by atoms with Crippen molar-refractivity contribution in [1.82, 2.24) is 0 Å². The standard InChI is InChI=1S/C20H34O7/c1-17(21)9-5-3-7-11-19(23)26-15-13-25-14-16-27-20(24)12-8-4-6-10-18(2)22/h3-16H2,1-2H3. The first-order chi connectivity index (χ1) is 12.9. The molecule has 0 N–H and O–H groups in total. The molecule has 0 unspecified atom stereocenters. The molecular weight excluding hydrogens is 352 g/mol. The van der Waals surface area contributed by atoms with Gasteiger partial charge in [0.1, 0.15) is 24.8 Å². The van der Waals surface area contributed by atoms with E-state index in [1.165, 1.54) is 0 Å². The van der Waals surface area contributed by atoms with Crippen molar-refractivity contribution >= 4 is 23.5 Å². The zero-order chi connectivity index (χ0) is 20.3. The lowest BCUT2D eigenvalue weighted by molar-refractivity contribution is -0.146. The van der Waals surface area contributed by atoms with Crippen LogP contribution < -0.4 is 0 Å². The van der Waals surface area contributed by atoms with Gasteiger partial charge in [-0.25, -0.2) is 0 Å². The maximum atomic E-state index is 11.5. The largest absolute Gasteiger partial charge is 0.463 e. The number of carbonyl (C=O) groups excluding carboxylic acids is 4. The minimum absolute atomic E-state index is 0.171. The minimum atomic E-state index is -0.266. The third kappa shape index (κ3) is 20.4. The Balaban J connectivity index is 3.33. The second kappa shape index (κ2) is 17.6. The molecule has 0 atom stereocenters. The number of ketones is 2. The Hall–Kier alpha value is -1.76. The van der Waals surface area contributed by atoms with E-state index >= 15 is 0 Å². The van der Waals surface area contributed by atoms with Crippen LogP contribution in [0.2, 0.25) is 0 Å². The molecule has 0 rings (SSSR count). The number of Topliss-reactive ketones (excluding diaryl/α,β-unsaturated/α-hetero) is 2. The molecule has 0 fully saturated rings. The van der Waals surface area contributed by atoms with Crippen molar-refractivity contribution in [3.63, 3.8) is 0 Å². The summed E-state index contributed by atoms with van der Waals surface area (Å²) in [6.45, 7) is 4.01. The Kier molecular flexibility index (Phi) is 16.5. The molecule has 156 valence electrons. The highest BCUT2D eigenvalue weighted by atomic mass is 16.6. The second-order valence-corrected chi connectivity index (χ2v) is 6.58. The van der Waals surface area contributed by atoms with Gasteiger partial charge < -0.3 is 23.8 Å². The van der Waals surface area contributed by atoms with E-state index in [9.17, 15) is 19.2 Å². The molecule has 0 bridgehead atoms. The van der Waals surface area contributed by atoms with Gasteiger partial charge in [-0.3, -0.25) is 9.59 Å². The van der Waals surface area contributed by atoms with Crippen molar-refractivity contribution < 1.29 is 33.4 Å². The predicted octanol–water partition coefficient (Wildman–Crippen LogP) is 3.17. The molecule has 0 spiro atoms. The van der Waals surface area contributed by atoms with E-state index in [1.807, 2.05) is 0 Å². The normalized spacial score (nSPS) is 10.4. The molecule has 0 saturated heterocycles. The summed E-state index contributed by atoms with van der Waals surface area (Å²) >= 11 is 0. The number of carbonyl (C=O) groups is 4. The lowest BCUT2D eigenvalue weighted by atomic mass is 10.1. The molecular formula is C20H34O7. The van der Waals surface area contributed by atoms with Crippen molar-refractivity contribution in [2.75, 3.05) is 26.4 Å². The molecule has 0 aromatic carbocycles. The molecule has 0 heterocycles. The van der Waals surface area contributed by atoms with Gasteiger partial charge in [-0.2, -0.15) is 0 Å². The summed E-state index contributed by atoms with van der Waals surface area (Å²) in [6.07, 6.45) is 6.56. The van der Waals surface area contributed by atoms with Crippen molar-refractivity contribution in [1.29, 1.82) is 0 Å². The van der Waals surface area contributed by atoms with Gasteiger partial charge in [-0.1, -0.05) is 12.8 Å². The highest BCUT2D eigenvalue weighted by molar-refractivity contribution is 5.75. The topological polar surface area (TPSA) is 96.0 Å².